The van der Waals surface area contributed by atoms with Gasteiger partial charge in [0.1, 0.15) is 17.4 Å². The second kappa shape index (κ2) is 13.6. The second-order valence-corrected chi connectivity index (χ2v) is 11.6. The molecule has 0 bridgehead atoms. The lowest BCUT2D eigenvalue weighted by Crippen LogP contribution is -2.50. The van der Waals surface area contributed by atoms with Gasteiger partial charge < -0.3 is 29.2 Å². The molecule has 0 spiro atoms. The van der Waals surface area contributed by atoms with Crippen LogP contribution < -0.4 is 19.5 Å². The number of hydrogen-bond acceptors (Lipinski definition) is 9. The van der Waals surface area contributed by atoms with E-state index in [0.717, 1.165) is 26.1 Å². The van der Waals surface area contributed by atoms with Crippen molar-refractivity contribution in [3.05, 3.63) is 46.1 Å². The van der Waals surface area contributed by atoms with Gasteiger partial charge in [-0.2, -0.15) is 5.26 Å². The molecule has 4 rings (SSSR count). The zero-order chi connectivity index (χ0) is 30.4. The molecular formula is C30H35Cl2N5O5. The maximum atomic E-state index is 12.3. The zero-order valence-corrected chi connectivity index (χ0v) is 25.9. The summed E-state index contributed by atoms with van der Waals surface area (Å²) < 4.78 is 22.5. The van der Waals surface area contributed by atoms with Crippen molar-refractivity contribution < 1.29 is 23.7 Å². The smallest absolute Gasteiger partial charge is 0.410 e. The van der Waals surface area contributed by atoms with Crippen molar-refractivity contribution in [2.45, 2.75) is 32.8 Å². The third-order valence-electron chi connectivity index (χ3n) is 6.68. The first-order valence-corrected chi connectivity index (χ1v) is 14.3. The second-order valence-electron chi connectivity index (χ2n) is 10.8. The summed E-state index contributed by atoms with van der Waals surface area (Å²) in [6.45, 7) is 9.75. The first-order chi connectivity index (χ1) is 20.0. The van der Waals surface area contributed by atoms with Crippen LogP contribution in [-0.4, -0.2) is 80.0 Å². The molecular weight excluding hydrogens is 581 g/mol. The molecule has 1 aromatic heterocycles. The number of carbonyl (C=O) groups is 1. The Morgan fingerprint density at radius 2 is 1.74 bits per heavy atom. The predicted molar refractivity (Wildman–Crippen MR) is 164 cm³/mol. The number of nitriles is 1. The van der Waals surface area contributed by atoms with Gasteiger partial charge in [-0.15, -0.1) is 0 Å². The first-order valence-electron chi connectivity index (χ1n) is 13.6. The Balaban J connectivity index is 1.42. The number of anilines is 2. The Morgan fingerprint density at radius 1 is 1.02 bits per heavy atom. The fourth-order valence-electron chi connectivity index (χ4n) is 4.56. The molecule has 2 aromatic carbocycles. The third-order valence-corrected chi connectivity index (χ3v) is 7.28. The third kappa shape index (κ3) is 7.59. The topological polar surface area (TPSA) is 109 Å². The lowest BCUT2D eigenvalue weighted by atomic mass is 10.1. The highest BCUT2D eigenvalue weighted by Gasteiger charge is 2.25. The van der Waals surface area contributed by atoms with Crippen LogP contribution in [0.25, 0.3) is 10.9 Å². The normalized spacial score (nSPS) is 13.9. The molecule has 1 N–H and O–H groups in total. The van der Waals surface area contributed by atoms with E-state index < -0.39 is 5.60 Å². The molecule has 1 fully saturated rings. The van der Waals surface area contributed by atoms with E-state index in [-0.39, 0.29) is 6.09 Å². The Hall–Kier alpha value is -3.65. The van der Waals surface area contributed by atoms with Crippen molar-refractivity contribution in [3.8, 4) is 23.3 Å². The van der Waals surface area contributed by atoms with E-state index in [0.29, 0.717) is 74.8 Å². The van der Waals surface area contributed by atoms with Crippen LogP contribution in [0.4, 0.5) is 16.2 Å². The lowest BCUT2D eigenvalue weighted by molar-refractivity contribution is 0.0142. The van der Waals surface area contributed by atoms with Crippen molar-refractivity contribution in [2.24, 2.45) is 0 Å². The average Bonchev–Trinajstić information content (AvgIpc) is 2.95. The van der Waals surface area contributed by atoms with Gasteiger partial charge in [-0.05, 0) is 39.3 Å². The highest BCUT2D eigenvalue weighted by molar-refractivity contribution is 6.37. The van der Waals surface area contributed by atoms with Crippen LogP contribution in [0.5, 0.6) is 17.2 Å². The van der Waals surface area contributed by atoms with Crippen LogP contribution in [0.15, 0.2) is 30.5 Å². The number of nitrogens with zero attached hydrogens (tertiary/aromatic N) is 4. The number of fused-ring (bicyclic) bond motifs is 1. The Labute approximate surface area is 256 Å². The molecule has 0 radical (unpaired) electrons. The van der Waals surface area contributed by atoms with E-state index >= 15 is 0 Å². The number of aromatic nitrogens is 1. The van der Waals surface area contributed by atoms with Crippen LogP contribution in [0.3, 0.4) is 0 Å². The summed E-state index contributed by atoms with van der Waals surface area (Å²) >= 11 is 12.6. The van der Waals surface area contributed by atoms with Gasteiger partial charge in [0.25, 0.3) is 0 Å². The summed E-state index contributed by atoms with van der Waals surface area (Å²) in [7, 11) is 3.08. The molecule has 0 saturated carbocycles. The number of pyridine rings is 1. The van der Waals surface area contributed by atoms with Gasteiger partial charge in [0.2, 0.25) is 0 Å². The van der Waals surface area contributed by atoms with Crippen molar-refractivity contribution >= 4 is 51.6 Å². The highest BCUT2D eigenvalue weighted by atomic mass is 35.5. The summed E-state index contributed by atoms with van der Waals surface area (Å²) in [5.41, 5.74) is 1.48. The van der Waals surface area contributed by atoms with Crippen molar-refractivity contribution in [2.75, 3.05) is 58.9 Å². The molecule has 1 aliphatic heterocycles. The number of amides is 1. The molecule has 0 atom stereocenters. The van der Waals surface area contributed by atoms with Crippen LogP contribution in [-0.2, 0) is 4.74 Å². The molecule has 2 heterocycles. The van der Waals surface area contributed by atoms with Crippen LogP contribution in [0.2, 0.25) is 10.0 Å². The summed E-state index contributed by atoms with van der Waals surface area (Å²) in [5.74, 6) is 1.50. The number of nitrogens with one attached hydrogen (secondary N) is 1. The largest absolute Gasteiger partial charge is 0.495 e. The number of methoxy groups -OCH3 is 2. The maximum absolute atomic E-state index is 12.3. The summed E-state index contributed by atoms with van der Waals surface area (Å²) in [6, 6.07) is 9.01. The number of hydrogen-bond donors (Lipinski definition) is 1. The molecule has 1 saturated heterocycles. The van der Waals surface area contributed by atoms with E-state index in [4.69, 9.17) is 42.1 Å². The molecule has 3 aromatic rings. The minimum Gasteiger partial charge on any atom is -0.495 e. The number of benzene rings is 2. The van der Waals surface area contributed by atoms with E-state index in [1.807, 2.05) is 20.8 Å². The molecule has 0 unspecified atom stereocenters. The van der Waals surface area contributed by atoms with Gasteiger partial charge >= 0.3 is 6.09 Å². The van der Waals surface area contributed by atoms with E-state index in [9.17, 15) is 10.1 Å². The molecule has 1 amide bonds. The fraction of sp³-hybridized carbons (Fsp3) is 0.433. The van der Waals surface area contributed by atoms with Crippen LogP contribution >= 0.6 is 23.2 Å². The molecule has 224 valence electrons. The number of piperazine rings is 1. The molecule has 0 aliphatic carbocycles. The van der Waals surface area contributed by atoms with Crippen molar-refractivity contribution in [1.29, 1.82) is 5.26 Å². The van der Waals surface area contributed by atoms with Crippen LogP contribution in [0, 0.1) is 11.3 Å². The fourth-order valence-corrected chi connectivity index (χ4v) is 5.07. The van der Waals surface area contributed by atoms with Crippen LogP contribution in [0.1, 0.15) is 32.8 Å². The SMILES string of the molecule is COc1cc(Nc2c(C#N)cnc3cc(OCCCN4CCN(C(=O)OC(C)(C)C)CC4)c(OC)cc23)c(Cl)cc1Cl. The monoisotopic (exact) mass is 615 g/mol. The van der Waals surface area contributed by atoms with Gasteiger partial charge in [0.15, 0.2) is 11.5 Å². The van der Waals surface area contributed by atoms with Gasteiger partial charge in [0.05, 0.1) is 53.3 Å². The number of carbonyl (C=O) groups excluding carboxylic acids is 1. The van der Waals surface area contributed by atoms with E-state index in [1.54, 1.807) is 36.3 Å². The van der Waals surface area contributed by atoms with Gasteiger partial charge in [-0.3, -0.25) is 9.88 Å². The first kappa shape index (κ1) is 31.3. The number of rotatable bonds is 9. The predicted octanol–water partition coefficient (Wildman–Crippen LogP) is 6.50. The average molecular weight is 617 g/mol. The standard InChI is InChI=1S/C30H35Cl2N5O5/c1-30(2,3)42-29(38)37-10-8-36(9-11-37)7-6-12-41-27-15-23-20(13-26(27)40-5)28(19(17-33)18-34-23)35-24-16-25(39-4)22(32)14-21(24)31/h13-16,18H,6-12H2,1-5H3,(H,34,35). The molecule has 12 heteroatoms. The van der Waals surface area contributed by atoms with Crippen molar-refractivity contribution in [3.63, 3.8) is 0 Å². The quantitative estimate of drug-likeness (QED) is 0.270. The van der Waals surface area contributed by atoms with E-state index in [2.05, 4.69) is 21.3 Å². The Bertz CT molecular complexity index is 1480. The highest BCUT2D eigenvalue weighted by Crippen LogP contribution is 2.40. The summed E-state index contributed by atoms with van der Waals surface area (Å²) in [4.78, 5) is 20.8. The lowest BCUT2D eigenvalue weighted by Gasteiger charge is -2.35. The molecule has 10 nitrogen and oxygen atoms in total. The number of ether oxygens (including phenoxy) is 4. The molecule has 1 aliphatic rings. The van der Waals surface area contributed by atoms with Crippen molar-refractivity contribution in [1.82, 2.24) is 14.8 Å². The minimum atomic E-state index is -0.500. The molecule has 42 heavy (non-hydrogen) atoms. The Morgan fingerprint density at radius 3 is 2.38 bits per heavy atom. The minimum absolute atomic E-state index is 0.265. The van der Waals surface area contributed by atoms with Gasteiger partial charge in [0, 0.05) is 56.4 Å². The maximum Gasteiger partial charge on any atom is 0.410 e. The van der Waals surface area contributed by atoms with Gasteiger partial charge in [-0.25, -0.2) is 4.79 Å². The van der Waals surface area contributed by atoms with E-state index in [1.165, 1.54) is 13.3 Å². The summed E-state index contributed by atoms with van der Waals surface area (Å²) in [5, 5.41) is 14.4. The zero-order valence-electron chi connectivity index (χ0n) is 24.4. The number of halogens is 2. The van der Waals surface area contributed by atoms with Gasteiger partial charge in [-0.1, -0.05) is 23.2 Å². The Kier molecular flexibility index (Phi) is 10.1. The summed E-state index contributed by atoms with van der Waals surface area (Å²) in [6.07, 6.45) is 2.02.